The molecule has 4 aromatic rings. The van der Waals surface area contributed by atoms with E-state index in [1.54, 1.807) is 45.9 Å². The first-order chi connectivity index (χ1) is 14.9. The summed E-state index contributed by atoms with van der Waals surface area (Å²) in [5, 5.41) is 9.96. The maximum Gasteiger partial charge on any atom is 0.188 e. The molecule has 4 aromatic heterocycles. The molecule has 2 fully saturated rings. The quantitative estimate of drug-likeness (QED) is 0.503. The molecule has 0 aromatic carbocycles. The van der Waals surface area contributed by atoms with Crippen molar-refractivity contribution in [2.45, 2.75) is 56.7 Å². The molecule has 160 valence electrons. The van der Waals surface area contributed by atoms with Gasteiger partial charge in [-0.15, -0.1) is 0 Å². The Kier molecular flexibility index (Phi) is 4.22. The highest BCUT2D eigenvalue weighted by Crippen LogP contribution is 2.45. The Morgan fingerprint density at radius 1 is 1.06 bits per heavy atom. The monoisotopic (exact) mass is 452 g/mol. The Balaban J connectivity index is 1.23. The molecule has 31 heavy (non-hydrogen) atoms. The van der Waals surface area contributed by atoms with Crippen molar-refractivity contribution in [2.75, 3.05) is 11.9 Å². The van der Waals surface area contributed by atoms with E-state index in [0.29, 0.717) is 11.9 Å². The molecule has 2 saturated heterocycles. The standard InChI is InChI=1S/C21H24N8S2/c1-20-5-6-21(2,27-20)10-13(9-20)28(3)19-26-18-17(31-19)25-16(30-18)14-11-23-15(12-22-14)29-8-4-7-24-29/h4,7-8,11-13,27H,5-6,9-10H2,1-3H3/t13-,20-,21+. The average Bonchev–Trinajstić information content (AvgIpc) is 3.50. The van der Waals surface area contributed by atoms with Crippen molar-refractivity contribution < 1.29 is 0 Å². The third-order valence-electron chi connectivity index (χ3n) is 6.61. The van der Waals surface area contributed by atoms with Gasteiger partial charge in [0.15, 0.2) is 20.6 Å². The highest BCUT2D eigenvalue weighted by molar-refractivity contribution is 7.29. The minimum atomic E-state index is 0.243. The average molecular weight is 453 g/mol. The van der Waals surface area contributed by atoms with Gasteiger partial charge < -0.3 is 10.2 Å². The van der Waals surface area contributed by atoms with E-state index in [2.05, 4.69) is 46.2 Å². The molecule has 8 nitrogen and oxygen atoms in total. The highest BCUT2D eigenvalue weighted by Gasteiger charge is 2.49. The molecule has 3 atom stereocenters. The van der Waals surface area contributed by atoms with E-state index in [-0.39, 0.29) is 11.1 Å². The van der Waals surface area contributed by atoms with Crippen LogP contribution in [0.4, 0.5) is 5.13 Å². The van der Waals surface area contributed by atoms with Gasteiger partial charge in [0.25, 0.3) is 0 Å². The van der Waals surface area contributed by atoms with Gasteiger partial charge in [0.1, 0.15) is 10.7 Å². The van der Waals surface area contributed by atoms with Crippen LogP contribution in [0, 0.1) is 0 Å². The third kappa shape index (κ3) is 3.33. The van der Waals surface area contributed by atoms with Crippen molar-refractivity contribution in [3.05, 3.63) is 30.9 Å². The van der Waals surface area contributed by atoms with Crippen molar-refractivity contribution >= 4 is 37.5 Å². The number of nitrogens with one attached hydrogen (secondary N) is 1. The molecule has 0 radical (unpaired) electrons. The molecule has 0 aliphatic carbocycles. The van der Waals surface area contributed by atoms with Gasteiger partial charge in [0.2, 0.25) is 0 Å². The molecule has 10 heteroatoms. The lowest BCUT2D eigenvalue weighted by atomic mass is 9.84. The molecule has 6 rings (SSSR count). The summed E-state index contributed by atoms with van der Waals surface area (Å²) in [6.07, 6.45) is 11.9. The lowest BCUT2D eigenvalue weighted by Crippen LogP contribution is -2.58. The zero-order chi connectivity index (χ0) is 21.2. The molecule has 0 unspecified atom stereocenters. The maximum atomic E-state index is 4.93. The molecule has 0 amide bonds. The van der Waals surface area contributed by atoms with E-state index < -0.39 is 0 Å². The molecular formula is C21H24N8S2. The number of thiazole rings is 2. The summed E-state index contributed by atoms with van der Waals surface area (Å²) in [4.78, 5) is 23.0. The number of piperidine rings is 1. The summed E-state index contributed by atoms with van der Waals surface area (Å²) >= 11 is 3.24. The van der Waals surface area contributed by atoms with Crippen LogP contribution in [0.25, 0.3) is 26.2 Å². The third-order valence-corrected chi connectivity index (χ3v) is 8.76. The molecule has 1 N–H and O–H groups in total. The summed E-state index contributed by atoms with van der Waals surface area (Å²) < 4.78 is 1.69. The predicted octanol–water partition coefficient (Wildman–Crippen LogP) is 3.89. The first kappa shape index (κ1) is 19.3. The molecular weight excluding hydrogens is 428 g/mol. The van der Waals surface area contributed by atoms with Crippen LogP contribution in [0.5, 0.6) is 0 Å². The number of aromatic nitrogens is 6. The van der Waals surface area contributed by atoms with Gasteiger partial charge in [-0.1, -0.05) is 22.7 Å². The number of nitrogens with zero attached hydrogens (tertiary/aromatic N) is 7. The highest BCUT2D eigenvalue weighted by atomic mass is 32.1. The predicted molar refractivity (Wildman–Crippen MR) is 124 cm³/mol. The summed E-state index contributed by atoms with van der Waals surface area (Å²) in [5.74, 6) is 0.687. The SMILES string of the molecule is CN(c1nc2sc(-c3cnc(-n4cccn4)cn3)nc2s1)[C@H]1C[C@]2(C)CC[C@](C)(C1)N2. The Morgan fingerprint density at radius 2 is 1.84 bits per heavy atom. The van der Waals surface area contributed by atoms with Crippen LogP contribution in [0.1, 0.15) is 39.5 Å². The topological polar surface area (TPSA) is 84.7 Å². The number of anilines is 1. The van der Waals surface area contributed by atoms with E-state index in [1.807, 2.05) is 12.3 Å². The second kappa shape index (κ2) is 6.78. The van der Waals surface area contributed by atoms with E-state index >= 15 is 0 Å². The van der Waals surface area contributed by atoms with Gasteiger partial charge in [-0.25, -0.2) is 24.6 Å². The van der Waals surface area contributed by atoms with Crippen LogP contribution in [-0.2, 0) is 0 Å². The molecule has 2 bridgehead atoms. The van der Waals surface area contributed by atoms with Gasteiger partial charge in [0, 0.05) is 36.6 Å². The fourth-order valence-corrected chi connectivity index (χ4v) is 7.13. The zero-order valence-corrected chi connectivity index (χ0v) is 19.4. The fourth-order valence-electron chi connectivity index (χ4n) is 5.10. The van der Waals surface area contributed by atoms with Crippen LogP contribution in [0.3, 0.4) is 0 Å². The van der Waals surface area contributed by atoms with Crippen LogP contribution in [-0.4, -0.2) is 53.9 Å². The number of hydrogen-bond acceptors (Lipinski definition) is 9. The Hall–Kier alpha value is -2.43. The molecule has 2 aliphatic heterocycles. The Bertz CT molecular complexity index is 1180. The van der Waals surface area contributed by atoms with Crippen LogP contribution < -0.4 is 10.2 Å². The van der Waals surface area contributed by atoms with Crippen LogP contribution in [0.2, 0.25) is 0 Å². The Morgan fingerprint density at radius 3 is 2.48 bits per heavy atom. The Labute approximate surface area is 188 Å². The van der Waals surface area contributed by atoms with E-state index in [1.165, 1.54) is 12.8 Å². The van der Waals surface area contributed by atoms with Crippen LogP contribution in [0.15, 0.2) is 30.9 Å². The van der Waals surface area contributed by atoms with Gasteiger partial charge in [-0.2, -0.15) is 5.10 Å². The first-order valence-electron chi connectivity index (χ1n) is 10.5. The second-order valence-electron chi connectivity index (χ2n) is 9.26. The lowest BCUT2D eigenvalue weighted by molar-refractivity contribution is 0.208. The van der Waals surface area contributed by atoms with Gasteiger partial charge in [0.05, 0.1) is 12.4 Å². The zero-order valence-electron chi connectivity index (χ0n) is 17.7. The summed E-state index contributed by atoms with van der Waals surface area (Å²) in [6.45, 7) is 4.73. The van der Waals surface area contributed by atoms with E-state index in [4.69, 9.17) is 9.97 Å². The van der Waals surface area contributed by atoms with Crippen molar-refractivity contribution in [3.8, 4) is 16.5 Å². The number of fused-ring (bicyclic) bond motifs is 3. The normalized spacial score (nSPS) is 27.8. The van der Waals surface area contributed by atoms with Crippen molar-refractivity contribution in [2.24, 2.45) is 0 Å². The maximum absolute atomic E-state index is 4.93. The smallest absolute Gasteiger partial charge is 0.188 e. The minimum absolute atomic E-state index is 0.243. The first-order valence-corrected chi connectivity index (χ1v) is 12.2. The van der Waals surface area contributed by atoms with Crippen molar-refractivity contribution in [1.82, 2.24) is 35.0 Å². The minimum Gasteiger partial charge on any atom is -0.348 e. The van der Waals surface area contributed by atoms with Crippen molar-refractivity contribution in [1.29, 1.82) is 0 Å². The molecule has 0 saturated carbocycles. The van der Waals surface area contributed by atoms with E-state index in [0.717, 1.165) is 38.3 Å². The fraction of sp³-hybridized carbons (Fsp3) is 0.476. The molecule has 0 spiro atoms. The van der Waals surface area contributed by atoms with Gasteiger partial charge in [-0.05, 0) is 45.6 Å². The van der Waals surface area contributed by atoms with Crippen LogP contribution >= 0.6 is 22.7 Å². The largest absolute Gasteiger partial charge is 0.348 e. The number of rotatable bonds is 4. The van der Waals surface area contributed by atoms with Crippen molar-refractivity contribution in [3.63, 3.8) is 0 Å². The second-order valence-corrected chi connectivity index (χ2v) is 11.2. The van der Waals surface area contributed by atoms with E-state index in [9.17, 15) is 0 Å². The van der Waals surface area contributed by atoms with Gasteiger partial charge >= 0.3 is 0 Å². The molecule has 6 heterocycles. The summed E-state index contributed by atoms with van der Waals surface area (Å²) in [5.41, 5.74) is 1.25. The summed E-state index contributed by atoms with van der Waals surface area (Å²) in [7, 11) is 2.19. The lowest BCUT2D eigenvalue weighted by Gasteiger charge is -2.45. The summed E-state index contributed by atoms with van der Waals surface area (Å²) in [6, 6.07) is 2.36. The number of hydrogen-bond donors (Lipinski definition) is 1. The molecule has 2 aliphatic rings. The van der Waals surface area contributed by atoms with Gasteiger partial charge in [-0.3, -0.25) is 0 Å².